The molecule has 2 heterocycles. The summed E-state index contributed by atoms with van der Waals surface area (Å²) in [5.41, 5.74) is 0.954. The van der Waals surface area contributed by atoms with Gasteiger partial charge in [0.15, 0.2) is 5.15 Å². The molecular formula is C13H17Cl2N3S. The van der Waals surface area contributed by atoms with Crippen LogP contribution in [0, 0.1) is 0 Å². The summed E-state index contributed by atoms with van der Waals surface area (Å²) in [6.07, 6.45) is 3.24. The number of hydrogen-bond donors (Lipinski definition) is 2. The molecule has 6 heteroatoms. The summed E-state index contributed by atoms with van der Waals surface area (Å²) in [6.45, 7) is 3.64. The third kappa shape index (κ3) is 4.49. The molecule has 0 aromatic carbocycles. The van der Waals surface area contributed by atoms with Crippen LogP contribution in [0.15, 0.2) is 12.1 Å². The van der Waals surface area contributed by atoms with E-state index in [1.807, 2.05) is 12.1 Å². The van der Waals surface area contributed by atoms with E-state index in [0.717, 1.165) is 41.7 Å². The first kappa shape index (κ1) is 14.9. The Morgan fingerprint density at radius 3 is 2.84 bits per heavy atom. The van der Waals surface area contributed by atoms with Gasteiger partial charge in [0, 0.05) is 24.4 Å². The SMILES string of the molecule is CCCCc1nc(Cl)c(CNCc2ccc(Cl)s2)[nH]1. The van der Waals surface area contributed by atoms with E-state index in [1.54, 1.807) is 11.3 Å². The highest BCUT2D eigenvalue weighted by atomic mass is 35.5. The van der Waals surface area contributed by atoms with Crippen molar-refractivity contribution >= 4 is 34.5 Å². The van der Waals surface area contributed by atoms with E-state index in [4.69, 9.17) is 23.2 Å². The van der Waals surface area contributed by atoms with Gasteiger partial charge in [0.25, 0.3) is 0 Å². The molecule has 0 saturated carbocycles. The number of unbranched alkanes of at least 4 members (excludes halogenated alkanes) is 1. The summed E-state index contributed by atoms with van der Waals surface area (Å²) in [5, 5.41) is 3.91. The molecule has 0 atom stereocenters. The first-order valence-electron chi connectivity index (χ1n) is 6.37. The lowest BCUT2D eigenvalue weighted by molar-refractivity contribution is 0.685. The molecule has 0 aliphatic heterocycles. The van der Waals surface area contributed by atoms with Gasteiger partial charge < -0.3 is 10.3 Å². The van der Waals surface area contributed by atoms with Crippen LogP contribution in [0.5, 0.6) is 0 Å². The smallest absolute Gasteiger partial charge is 0.151 e. The van der Waals surface area contributed by atoms with Gasteiger partial charge in [0.05, 0.1) is 10.0 Å². The Labute approximate surface area is 127 Å². The Balaban J connectivity index is 1.83. The number of halogens is 2. The van der Waals surface area contributed by atoms with Crippen LogP contribution >= 0.6 is 34.5 Å². The fraction of sp³-hybridized carbons (Fsp3) is 0.462. The van der Waals surface area contributed by atoms with Crippen molar-refractivity contribution in [3.05, 3.63) is 38.0 Å². The zero-order valence-corrected chi connectivity index (χ0v) is 13.1. The fourth-order valence-corrected chi connectivity index (χ4v) is 3.05. The Bertz CT molecular complexity index is 522. The average Bonchev–Trinajstić information content (AvgIpc) is 2.94. The minimum absolute atomic E-state index is 0.572. The number of thiophene rings is 1. The maximum atomic E-state index is 6.11. The summed E-state index contributed by atoms with van der Waals surface area (Å²) in [4.78, 5) is 8.82. The van der Waals surface area contributed by atoms with Crippen LogP contribution in [0.1, 0.15) is 36.2 Å². The first-order chi connectivity index (χ1) is 9.19. The third-order valence-corrected chi connectivity index (χ3v) is 4.32. The van der Waals surface area contributed by atoms with E-state index in [2.05, 4.69) is 22.2 Å². The van der Waals surface area contributed by atoms with Gasteiger partial charge in [-0.25, -0.2) is 4.98 Å². The summed E-state index contributed by atoms with van der Waals surface area (Å²) in [5.74, 6) is 0.975. The van der Waals surface area contributed by atoms with Gasteiger partial charge in [0.2, 0.25) is 0 Å². The predicted octanol–water partition coefficient (Wildman–Crippen LogP) is 4.41. The first-order valence-corrected chi connectivity index (χ1v) is 7.94. The molecular weight excluding hydrogens is 301 g/mol. The van der Waals surface area contributed by atoms with Crippen LogP contribution in [0.25, 0.3) is 0 Å². The standard InChI is InChI=1S/C13H17Cl2N3S/c1-2-3-4-12-17-10(13(15)18-12)8-16-7-9-5-6-11(14)19-9/h5-6,16H,2-4,7-8H2,1H3,(H,17,18). The normalized spacial score (nSPS) is 11.1. The number of nitrogens with zero attached hydrogens (tertiary/aromatic N) is 1. The molecule has 2 N–H and O–H groups in total. The lowest BCUT2D eigenvalue weighted by Gasteiger charge is -2.01. The van der Waals surface area contributed by atoms with Crippen LogP contribution < -0.4 is 5.32 Å². The molecule has 0 aliphatic carbocycles. The molecule has 0 spiro atoms. The highest BCUT2D eigenvalue weighted by Gasteiger charge is 2.07. The highest BCUT2D eigenvalue weighted by molar-refractivity contribution is 7.16. The molecule has 0 fully saturated rings. The number of hydrogen-bond acceptors (Lipinski definition) is 3. The molecule has 2 aromatic rings. The highest BCUT2D eigenvalue weighted by Crippen LogP contribution is 2.21. The largest absolute Gasteiger partial charge is 0.344 e. The lowest BCUT2D eigenvalue weighted by Crippen LogP contribution is -2.12. The number of imidazole rings is 1. The summed E-state index contributed by atoms with van der Waals surface area (Å²) >= 11 is 13.6. The van der Waals surface area contributed by atoms with Crippen LogP contribution in [0.2, 0.25) is 9.49 Å². The Kier molecular flexibility index (Phi) is 5.70. The van der Waals surface area contributed by atoms with Crippen LogP contribution in [-0.2, 0) is 19.5 Å². The second-order valence-corrected chi connectivity index (χ2v) is 6.52. The molecule has 2 rings (SSSR count). The molecule has 2 aromatic heterocycles. The van der Waals surface area contributed by atoms with Crippen molar-refractivity contribution in [2.75, 3.05) is 0 Å². The van der Waals surface area contributed by atoms with Crippen molar-refractivity contribution in [3.8, 4) is 0 Å². The molecule has 0 bridgehead atoms. The van der Waals surface area contributed by atoms with Crippen LogP contribution in [0.4, 0.5) is 0 Å². The zero-order chi connectivity index (χ0) is 13.7. The van der Waals surface area contributed by atoms with Gasteiger partial charge in [-0.15, -0.1) is 11.3 Å². The van der Waals surface area contributed by atoms with E-state index in [1.165, 1.54) is 4.88 Å². The van der Waals surface area contributed by atoms with E-state index in [9.17, 15) is 0 Å². The van der Waals surface area contributed by atoms with Gasteiger partial charge >= 0.3 is 0 Å². The van der Waals surface area contributed by atoms with Gasteiger partial charge in [-0.05, 0) is 18.6 Å². The second kappa shape index (κ2) is 7.29. The van der Waals surface area contributed by atoms with E-state index >= 15 is 0 Å². The fourth-order valence-electron chi connectivity index (χ4n) is 1.78. The van der Waals surface area contributed by atoms with Crippen molar-refractivity contribution in [3.63, 3.8) is 0 Å². The summed E-state index contributed by atoms with van der Waals surface area (Å²) in [7, 11) is 0. The van der Waals surface area contributed by atoms with E-state index < -0.39 is 0 Å². The average molecular weight is 318 g/mol. The van der Waals surface area contributed by atoms with Gasteiger partial charge in [-0.2, -0.15) is 0 Å². The lowest BCUT2D eigenvalue weighted by atomic mass is 10.2. The van der Waals surface area contributed by atoms with Gasteiger partial charge in [0.1, 0.15) is 5.82 Å². The molecule has 0 unspecified atom stereocenters. The molecule has 0 saturated heterocycles. The van der Waals surface area contributed by atoms with Crippen LogP contribution in [0.3, 0.4) is 0 Å². The Morgan fingerprint density at radius 1 is 1.32 bits per heavy atom. The Morgan fingerprint density at radius 2 is 2.16 bits per heavy atom. The van der Waals surface area contributed by atoms with Crippen molar-refractivity contribution in [1.29, 1.82) is 0 Å². The summed E-state index contributed by atoms with van der Waals surface area (Å²) in [6, 6.07) is 3.94. The molecule has 19 heavy (non-hydrogen) atoms. The molecule has 0 amide bonds. The molecule has 0 aliphatic rings. The van der Waals surface area contributed by atoms with Crippen LogP contribution in [-0.4, -0.2) is 9.97 Å². The van der Waals surface area contributed by atoms with Gasteiger partial charge in [-0.1, -0.05) is 36.5 Å². The quantitative estimate of drug-likeness (QED) is 0.794. The number of nitrogens with one attached hydrogen (secondary N) is 2. The molecule has 104 valence electrons. The van der Waals surface area contributed by atoms with Crippen molar-refractivity contribution in [1.82, 2.24) is 15.3 Å². The van der Waals surface area contributed by atoms with E-state index in [-0.39, 0.29) is 0 Å². The molecule has 3 nitrogen and oxygen atoms in total. The number of aryl methyl sites for hydroxylation is 1. The Hall–Kier alpha value is -0.550. The number of rotatable bonds is 7. The zero-order valence-electron chi connectivity index (χ0n) is 10.8. The second-order valence-electron chi connectivity index (χ2n) is 4.37. The maximum Gasteiger partial charge on any atom is 0.151 e. The monoisotopic (exact) mass is 317 g/mol. The number of aromatic nitrogens is 2. The maximum absolute atomic E-state index is 6.11. The minimum atomic E-state index is 0.572. The number of aromatic amines is 1. The predicted molar refractivity (Wildman–Crippen MR) is 82.1 cm³/mol. The van der Waals surface area contributed by atoms with Crippen molar-refractivity contribution < 1.29 is 0 Å². The number of H-pyrrole nitrogens is 1. The summed E-state index contributed by atoms with van der Waals surface area (Å²) < 4.78 is 0.818. The van der Waals surface area contributed by atoms with Gasteiger partial charge in [-0.3, -0.25) is 0 Å². The van der Waals surface area contributed by atoms with Crippen molar-refractivity contribution in [2.24, 2.45) is 0 Å². The minimum Gasteiger partial charge on any atom is -0.344 e. The third-order valence-electron chi connectivity index (χ3n) is 2.77. The van der Waals surface area contributed by atoms with Crippen molar-refractivity contribution in [2.45, 2.75) is 39.3 Å². The topological polar surface area (TPSA) is 40.7 Å². The molecule has 0 radical (unpaired) electrons. The van der Waals surface area contributed by atoms with E-state index in [0.29, 0.717) is 11.7 Å².